The molecule has 2 N–H and O–H groups in total. The van der Waals surface area contributed by atoms with E-state index in [2.05, 4.69) is 0 Å². The van der Waals surface area contributed by atoms with Crippen molar-refractivity contribution in [2.75, 3.05) is 0 Å². The molecular formula is C14H24FNO3S. The Morgan fingerprint density at radius 2 is 1.85 bits per heavy atom. The van der Waals surface area contributed by atoms with Gasteiger partial charge in [0.05, 0.1) is 16.7 Å². The highest BCUT2D eigenvalue weighted by atomic mass is 32.2. The van der Waals surface area contributed by atoms with Crippen LogP contribution in [0.4, 0.5) is 4.39 Å². The summed E-state index contributed by atoms with van der Waals surface area (Å²) in [5.41, 5.74) is 5.72. The molecular weight excluding hydrogens is 281 g/mol. The second-order valence-electron chi connectivity index (χ2n) is 5.81. The Bertz CT molecular complexity index is 465. The van der Waals surface area contributed by atoms with Crippen LogP contribution in [0.2, 0.25) is 0 Å². The Hall–Kier alpha value is -0.750. The fraction of sp³-hybridized carbons (Fsp3) is 0.786. The zero-order chi connectivity index (χ0) is 15.3. The van der Waals surface area contributed by atoms with Gasteiger partial charge in [0.25, 0.3) is 0 Å². The molecule has 0 aliphatic heterocycles. The molecule has 0 aromatic heterocycles. The highest BCUT2D eigenvalue weighted by Crippen LogP contribution is 2.27. The van der Waals surface area contributed by atoms with E-state index < -0.39 is 32.7 Å². The van der Waals surface area contributed by atoms with Crippen LogP contribution in [0.25, 0.3) is 0 Å². The van der Waals surface area contributed by atoms with E-state index >= 15 is 0 Å². The summed E-state index contributed by atoms with van der Waals surface area (Å²) < 4.78 is 36.8. The van der Waals surface area contributed by atoms with E-state index in [1.807, 2.05) is 0 Å². The molecule has 0 aromatic rings. The van der Waals surface area contributed by atoms with Crippen molar-refractivity contribution >= 4 is 15.6 Å². The molecule has 1 aliphatic rings. The summed E-state index contributed by atoms with van der Waals surface area (Å²) >= 11 is 0. The number of Topliss-reactive ketones (excluding diaryl/α,β-unsaturated/α-hetero) is 1. The molecule has 0 aromatic carbocycles. The first-order valence-electron chi connectivity index (χ1n) is 7.15. The SMILES string of the molecule is CC(C)S(=O)(=O)/C=C(\F)C(=O)[C@@H](N)CC1CCCCC1. The molecule has 1 fully saturated rings. The van der Waals surface area contributed by atoms with Crippen LogP contribution in [0, 0.1) is 5.92 Å². The maximum Gasteiger partial charge on any atom is 0.208 e. The topological polar surface area (TPSA) is 77.2 Å². The van der Waals surface area contributed by atoms with Gasteiger partial charge in [0.1, 0.15) is 0 Å². The largest absolute Gasteiger partial charge is 0.321 e. The van der Waals surface area contributed by atoms with Crippen LogP contribution in [0.15, 0.2) is 11.2 Å². The van der Waals surface area contributed by atoms with Crippen LogP contribution >= 0.6 is 0 Å². The number of rotatable bonds is 6. The molecule has 1 aliphatic carbocycles. The number of carbonyl (C=O) groups excluding carboxylic acids is 1. The van der Waals surface area contributed by atoms with Gasteiger partial charge in [-0.3, -0.25) is 4.79 Å². The van der Waals surface area contributed by atoms with E-state index in [0.717, 1.165) is 25.7 Å². The normalized spacial score (nSPS) is 20.1. The number of sulfone groups is 1. The first-order valence-corrected chi connectivity index (χ1v) is 8.76. The molecule has 116 valence electrons. The van der Waals surface area contributed by atoms with Crippen molar-refractivity contribution in [1.82, 2.24) is 0 Å². The first kappa shape index (κ1) is 17.3. The maximum absolute atomic E-state index is 13.7. The summed E-state index contributed by atoms with van der Waals surface area (Å²) in [6.07, 6.45) is 5.88. The lowest BCUT2D eigenvalue weighted by Crippen LogP contribution is -2.34. The molecule has 4 nitrogen and oxygen atoms in total. The number of carbonyl (C=O) groups is 1. The highest BCUT2D eigenvalue weighted by molar-refractivity contribution is 7.94. The average Bonchev–Trinajstić information content (AvgIpc) is 2.38. The van der Waals surface area contributed by atoms with Gasteiger partial charge in [-0.1, -0.05) is 32.1 Å². The van der Waals surface area contributed by atoms with Gasteiger partial charge in [-0.15, -0.1) is 0 Å². The van der Waals surface area contributed by atoms with E-state index in [4.69, 9.17) is 5.73 Å². The lowest BCUT2D eigenvalue weighted by Gasteiger charge is -2.23. The van der Waals surface area contributed by atoms with E-state index in [-0.39, 0.29) is 0 Å². The molecule has 0 spiro atoms. The van der Waals surface area contributed by atoms with Crippen molar-refractivity contribution in [1.29, 1.82) is 0 Å². The van der Waals surface area contributed by atoms with E-state index in [0.29, 0.717) is 17.7 Å². The molecule has 0 unspecified atom stereocenters. The fourth-order valence-electron chi connectivity index (χ4n) is 2.40. The van der Waals surface area contributed by atoms with Gasteiger partial charge < -0.3 is 5.73 Å². The zero-order valence-corrected chi connectivity index (χ0v) is 13.0. The molecule has 0 amide bonds. The van der Waals surface area contributed by atoms with Crippen LogP contribution < -0.4 is 5.73 Å². The summed E-state index contributed by atoms with van der Waals surface area (Å²) in [7, 11) is -3.72. The number of hydrogen-bond acceptors (Lipinski definition) is 4. The number of ketones is 1. The molecule has 0 radical (unpaired) electrons. The van der Waals surface area contributed by atoms with Crippen molar-refractivity contribution in [3.05, 3.63) is 11.2 Å². The summed E-state index contributed by atoms with van der Waals surface area (Å²) in [6, 6.07) is -0.947. The predicted molar refractivity (Wildman–Crippen MR) is 77.4 cm³/mol. The monoisotopic (exact) mass is 305 g/mol. The molecule has 20 heavy (non-hydrogen) atoms. The molecule has 0 saturated heterocycles. The highest BCUT2D eigenvalue weighted by Gasteiger charge is 2.25. The third kappa shape index (κ3) is 4.98. The quantitative estimate of drug-likeness (QED) is 0.765. The summed E-state index contributed by atoms with van der Waals surface area (Å²) in [6.45, 7) is 2.87. The maximum atomic E-state index is 13.7. The summed E-state index contributed by atoms with van der Waals surface area (Å²) in [4.78, 5) is 11.8. The van der Waals surface area contributed by atoms with Gasteiger partial charge in [0.15, 0.2) is 15.7 Å². The summed E-state index contributed by atoms with van der Waals surface area (Å²) in [5, 5.41) is -0.337. The van der Waals surface area contributed by atoms with Crippen LogP contribution in [0.1, 0.15) is 52.4 Å². The zero-order valence-electron chi connectivity index (χ0n) is 12.1. The third-order valence-electron chi connectivity index (χ3n) is 3.81. The fourth-order valence-corrected chi connectivity index (χ4v) is 3.08. The van der Waals surface area contributed by atoms with Crippen LogP contribution in [-0.4, -0.2) is 25.5 Å². The van der Waals surface area contributed by atoms with Crippen LogP contribution in [-0.2, 0) is 14.6 Å². The second kappa shape index (κ2) is 7.31. The van der Waals surface area contributed by atoms with Crippen molar-refractivity contribution < 1.29 is 17.6 Å². The second-order valence-corrected chi connectivity index (χ2v) is 8.17. The Labute approximate surface area is 120 Å². The summed E-state index contributed by atoms with van der Waals surface area (Å²) in [5.74, 6) is -1.81. The van der Waals surface area contributed by atoms with Crippen LogP contribution in [0.5, 0.6) is 0 Å². The van der Waals surface area contributed by atoms with Gasteiger partial charge in [0, 0.05) is 0 Å². The minimum atomic E-state index is -3.72. The lowest BCUT2D eigenvalue weighted by molar-refractivity contribution is -0.118. The van der Waals surface area contributed by atoms with Gasteiger partial charge >= 0.3 is 0 Å². The molecule has 1 saturated carbocycles. The van der Waals surface area contributed by atoms with Crippen LogP contribution in [0.3, 0.4) is 0 Å². The average molecular weight is 305 g/mol. The number of halogens is 1. The number of nitrogens with two attached hydrogens (primary N) is 1. The minimum Gasteiger partial charge on any atom is -0.321 e. The van der Waals surface area contributed by atoms with Crippen molar-refractivity contribution in [3.63, 3.8) is 0 Å². The van der Waals surface area contributed by atoms with Gasteiger partial charge in [0.2, 0.25) is 5.78 Å². The van der Waals surface area contributed by atoms with Gasteiger partial charge in [-0.25, -0.2) is 12.8 Å². The van der Waals surface area contributed by atoms with E-state index in [1.165, 1.54) is 20.3 Å². The lowest BCUT2D eigenvalue weighted by atomic mass is 9.84. The smallest absolute Gasteiger partial charge is 0.208 e. The Morgan fingerprint density at radius 3 is 2.35 bits per heavy atom. The molecule has 0 heterocycles. The Balaban J connectivity index is 2.66. The number of hydrogen-bond donors (Lipinski definition) is 1. The standard InChI is InChI=1S/C14H24FNO3S/c1-10(2)20(18,19)9-12(15)14(17)13(16)8-11-6-4-3-5-7-11/h9-11,13H,3-8,16H2,1-2H3/b12-9-/t13-/m0/s1. The van der Waals surface area contributed by atoms with Crippen molar-refractivity contribution in [2.24, 2.45) is 11.7 Å². The Morgan fingerprint density at radius 1 is 1.30 bits per heavy atom. The van der Waals surface area contributed by atoms with Gasteiger partial charge in [-0.2, -0.15) is 0 Å². The van der Waals surface area contributed by atoms with Crippen molar-refractivity contribution in [3.8, 4) is 0 Å². The third-order valence-corrected chi connectivity index (χ3v) is 5.66. The molecule has 0 bridgehead atoms. The Kier molecular flexibility index (Phi) is 6.33. The van der Waals surface area contributed by atoms with Gasteiger partial charge in [-0.05, 0) is 26.2 Å². The molecule has 6 heteroatoms. The first-order chi connectivity index (χ1) is 9.24. The van der Waals surface area contributed by atoms with E-state index in [9.17, 15) is 17.6 Å². The van der Waals surface area contributed by atoms with E-state index in [1.54, 1.807) is 0 Å². The minimum absolute atomic E-state index is 0.345. The molecule has 1 rings (SSSR count). The molecule has 1 atom stereocenters. The predicted octanol–water partition coefficient (Wildman–Crippen LogP) is 2.49. The van der Waals surface area contributed by atoms with Crippen molar-refractivity contribution in [2.45, 2.75) is 63.7 Å².